The predicted molar refractivity (Wildman–Crippen MR) is 79.2 cm³/mol. The van der Waals surface area contributed by atoms with Crippen molar-refractivity contribution in [2.75, 3.05) is 13.2 Å². The number of carbonyl (C=O) groups is 1. The van der Waals surface area contributed by atoms with Crippen LogP contribution >= 0.6 is 15.9 Å². The Labute approximate surface area is 127 Å². The fraction of sp³-hybridized carbons (Fsp3) is 0.533. The van der Waals surface area contributed by atoms with Crippen molar-refractivity contribution in [3.63, 3.8) is 0 Å². The summed E-state index contributed by atoms with van der Waals surface area (Å²) in [5.41, 5.74) is 0.509. The topological polar surface area (TPSA) is 44.8 Å². The molecule has 1 fully saturated rings. The second-order valence-corrected chi connectivity index (χ2v) is 5.90. The highest BCUT2D eigenvalue weighted by Crippen LogP contribution is 2.27. The first-order valence-electron chi connectivity index (χ1n) is 6.81. The predicted octanol–water partition coefficient (Wildman–Crippen LogP) is 3.57. The lowest BCUT2D eigenvalue weighted by Crippen LogP contribution is -2.16. The lowest BCUT2D eigenvalue weighted by molar-refractivity contribution is 0.0377. The minimum Gasteiger partial charge on any atom is -0.490 e. The quantitative estimate of drug-likeness (QED) is 0.767. The average molecular weight is 343 g/mol. The van der Waals surface area contributed by atoms with E-state index in [1.165, 1.54) is 0 Å². The zero-order valence-electron chi connectivity index (χ0n) is 11.7. The van der Waals surface area contributed by atoms with Crippen molar-refractivity contribution in [1.29, 1.82) is 0 Å². The highest BCUT2D eigenvalue weighted by molar-refractivity contribution is 9.10. The third-order valence-electron chi connectivity index (χ3n) is 2.96. The Morgan fingerprint density at radius 3 is 2.90 bits per heavy atom. The molecule has 1 atom stereocenters. The van der Waals surface area contributed by atoms with Gasteiger partial charge in [0.1, 0.15) is 12.4 Å². The van der Waals surface area contributed by atoms with E-state index < -0.39 is 0 Å². The number of benzene rings is 1. The van der Waals surface area contributed by atoms with Gasteiger partial charge in [0.2, 0.25) is 0 Å². The molecular formula is C15H19BrO4. The summed E-state index contributed by atoms with van der Waals surface area (Å²) in [6.45, 7) is 5.00. The van der Waals surface area contributed by atoms with E-state index in [2.05, 4.69) is 15.9 Å². The molecular weight excluding hydrogens is 324 g/mol. The summed E-state index contributed by atoms with van der Waals surface area (Å²) in [5, 5.41) is 0. The van der Waals surface area contributed by atoms with E-state index in [1.54, 1.807) is 18.2 Å². The molecule has 0 spiro atoms. The van der Waals surface area contributed by atoms with Gasteiger partial charge in [0.05, 0.1) is 22.2 Å². The molecule has 1 unspecified atom stereocenters. The van der Waals surface area contributed by atoms with Gasteiger partial charge in [-0.25, -0.2) is 4.79 Å². The van der Waals surface area contributed by atoms with E-state index >= 15 is 0 Å². The van der Waals surface area contributed by atoms with Crippen LogP contribution in [0.2, 0.25) is 0 Å². The summed E-state index contributed by atoms with van der Waals surface area (Å²) >= 11 is 3.42. The van der Waals surface area contributed by atoms with Gasteiger partial charge in [0, 0.05) is 6.61 Å². The summed E-state index contributed by atoms with van der Waals surface area (Å²) in [6, 6.07) is 5.20. The molecule has 110 valence electrons. The van der Waals surface area contributed by atoms with E-state index in [9.17, 15) is 4.79 Å². The lowest BCUT2D eigenvalue weighted by Gasteiger charge is -2.13. The number of esters is 1. The molecule has 0 saturated carbocycles. The van der Waals surface area contributed by atoms with Gasteiger partial charge in [0.25, 0.3) is 0 Å². The maximum absolute atomic E-state index is 11.8. The fourth-order valence-electron chi connectivity index (χ4n) is 1.99. The summed E-state index contributed by atoms with van der Waals surface area (Å²) in [4.78, 5) is 11.8. The first-order chi connectivity index (χ1) is 9.56. The monoisotopic (exact) mass is 342 g/mol. The van der Waals surface area contributed by atoms with Gasteiger partial charge in [-0.3, -0.25) is 0 Å². The molecule has 0 aliphatic carbocycles. The molecule has 0 bridgehead atoms. The van der Waals surface area contributed by atoms with Gasteiger partial charge in [-0.1, -0.05) is 0 Å². The van der Waals surface area contributed by atoms with Crippen LogP contribution < -0.4 is 4.74 Å². The Bertz CT molecular complexity index is 467. The van der Waals surface area contributed by atoms with E-state index in [1.807, 2.05) is 13.8 Å². The van der Waals surface area contributed by atoms with E-state index in [0.717, 1.165) is 23.9 Å². The number of carbonyl (C=O) groups excluding carboxylic acids is 1. The molecule has 2 rings (SSSR count). The van der Waals surface area contributed by atoms with Crippen LogP contribution in [-0.4, -0.2) is 31.4 Å². The van der Waals surface area contributed by atoms with Crippen LogP contribution in [0.4, 0.5) is 0 Å². The highest BCUT2D eigenvalue weighted by Gasteiger charge is 2.17. The molecule has 1 heterocycles. The van der Waals surface area contributed by atoms with Gasteiger partial charge >= 0.3 is 5.97 Å². The van der Waals surface area contributed by atoms with Crippen molar-refractivity contribution >= 4 is 21.9 Å². The van der Waals surface area contributed by atoms with Gasteiger partial charge in [-0.15, -0.1) is 0 Å². The van der Waals surface area contributed by atoms with Crippen LogP contribution in [0.5, 0.6) is 5.75 Å². The number of ether oxygens (including phenoxy) is 3. The van der Waals surface area contributed by atoms with Gasteiger partial charge < -0.3 is 14.2 Å². The Morgan fingerprint density at radius 1 is 1.50 bits per heavy atom. The molecule has 0 N–H and O–H groups in total. The molecule has 1 saturated heterocycles. The molecule has 4 nitrogen and oxygen atoms in total. The summed E-state index contributed by atoms with van der Waals surface area (Å²) in [6.07, 6.45) is 2.18. The van der Waals surface area contributed by atoms with E-state index in [-0.39, 0.29) is 18.2 Å². The SMILES string of the molecule is CC(C)OC(=O)c1ccc(OCC2CCCO2)c(Br)c1. The Hall–Kier alpha value is -1.07. The molecule has 1 aliphatic heterocycles. The van der Waals surface area contributed by atoms with Crippen LogP contribution in [0.3, 0.4) is 0 Å². The van der Waals surface area contributed by atoms with Crippen molar-refractivity contribution in [2.24, 2.45) is 0 Å². The average Bonchev–Trinajstić information content (AvgIpc) is 2.89. The first-order valence-corrected chi connectivity index (χ1v) is 7.60. The molecule has 1 aliphatic rings. The second kappa shape index (κ2) is 7.09. The van der Waals surface area contributed by atoms with Crippen LogP contribution in [0, 0.1) is 0 Å². The zero-order valence-corrected chi connectivity index (χ0v) is 13.3. The number of hydrogen-bond donors (Lipinski definition) is 0. The zero-order chi connectivity index (χ0) is 14.5. The lowest BCUT2D eigenvalue weighted by atomic mass is 10.2. The van der Waals surface area contributed by atoms with Crippen molar-refractivity contribution in [2.45, 2.75) is 38.9 Å². The minimum atomic E-state index is -0.327. The first kappa shape index (κ1) is 15.3. The molecule has 5 heteroatoms. The van der Waals surface area contributed by atoms with Crippen molar-refractivity contribution < 1.29 is 19.0 Å². The standard InChI is InChI=1S/C15H19BrO4/c1-10(2)20-15(17)11-5-6-14(13(16)8-11)19-9-12-4-3-7-18-12/h5-6,8,10,12H,3-4,7,9H2,1-2H3. The fourth-order valence-corrected chi connectivity index (χ4v) is 2.48. The van der Waals surface area contributed by atoms with Gasteiger partial charge in [0.15, 0.2) is 0 Å². The van der Waals surface area contributed by atoms with Crippen molar-refractivity contribution in [1.82, 2.24) is 0 Å². The Morgan fingerprint density at radius 2 is 2.30 bits per heavy atom. The normalized spacial score (nSPS) is 18.3. The van der Waals surface area contributed by atoms with Crippen molar-refractivity contribution in [3.8, 4) is 5.75 Å². The maximum atomic E-state index is 11.8. The van der Waals surface area contributed by atoms with E-state index in [0.29, 0.717) is 17.9 Å². The van der Waals surface area contributed by atoms with Gasteiger partial charge in [-0.2, -0.15) is 0 Å². The Balaban J connectivity index is 1.96. The van der Waals surface area contributed by atoms with E-state index in [4.69, 9.17) is 14.2 Å². The summed E-state index contributed by atoms with van der Waals surface area (Å²) in [5.74, 6) is 0.382. The summed E-state index contributed by atoms with van der Waals surface area (Å²) in [7, 11) is 0. The third kappa shape index (κ3) is 4.21. The third-order valence-corrected chi connectivity index (χ3v) is 3.58. The largest absolute Gasteiger partial charge is 0.490 e. The molecule has 20 heavy (non-hydrogen) atoms. The van der Waals surface area contributed by atoms with Gasteiger partial charge in [-0.05, 0) is 60.8 Å². The maximum Gasteiger partial charge on any atom is 0.338 e. The number of rotatable bonds is 5. The van der Waals surface area contributed by atoms with Crippen LogP contribution in [0.25, 0.3) is 0 Å². The van der Waals surface area contributed by atoms with Crippen LogP contribution in [0.1, 0.15) is 37.0 Å². The molecule has 0 amide bonds. The van der Waals surface area contributed by atoms with Crippen LogP contribution in [-0.2, 0) is 9.47 Å². The second-order valence-electron chi connectivity index (χ2n) is 5.05. The Kier molecular flexibility index (Phi) is 5.43. The molecule has 1 aromatic rings. The number of hydrogen-bond acceptors (Lipinski definition) is 4. The van der Waals surface area contributed by atoms with Crippen molar-refractivity contribution in [3.05, 3.63) is 28.2 Å². The smallest absolute Gasteiger partial charge is 0.338 e. The minimum absolute atomic E-state index is 0.128. The molecule has 1 aromatic carbocycles. The number of halogens is 1. The highest BCUT2D eigenvalue weighted by atomic mass is 79.9. The molecule has 0 radical (unpaired) electrons. The van der Waals surface area contributed by atoms with Crippen LogP contribution in [0.15, 0.2) is 22.7 Å². The summed E-state index contributed by atoms with van der Waals surface area (Å²) < 4.78 is 17.1. The molecule has 0 aromatic heterocycles.